The molecule has 1 saturated heterocycles. The van der Waals surface area contributed by atoms with Gasteiger partial charge in [0.1, 0.15) is 0 Å². The molecule has 1 aliphatic heterocycles. The summed E-state index contributed by atoms with van der Waals surface area (Å²) in [5, 5.41) is 7.63. The number of hydrogen-bond acceptors (Lipinski definition) is 4. The van der Waals surface area contributed by atoms with Crippen LogP contribution >= 0.6 is 0 Å². The van der Waals surface area contributed by atoms with Gasteiger partial charge in [-0.25, -0.2) is 0 Å². The summed E-state index contributed by atoms with van der Waals surface area (Å²) >= 11 is 0. The van der Waals surface area contributed by atoms with Crippen LogP contribution in [0, 0.1) is 5.92 Å². The third kappa shape index (κ3) is 4.26. The maximum Gasteiger partial charge on any atom is 0.228 e. The van der Waals surface area contributed by atoms with Crippen molar-refractivity contribution in [3.8, 4) is 0 Å². The molecule has 1 aromatic rings. The first-order valence-electron chi connectivity index (χ1n) is 9.68. The number of likely N-dealkylation sites (tertiary alicyclic amines) is 1. The maximum absolute atomic E-state index is 12.8. The number of aromatic amines is 1. The standard InChI is InChI=1S/C19H31N5O2/c1-22(2)9-10-24-12-14(11-18(24)25)19(26)23(3)13-17-15-7-5-4-6-8-16(15)20-21-17/h14H,4-13H2,1-3H3,(H,20,21)/t14-/m0/s1. The number of carbonyl (C=O) groups is 2. The lowest BCUT2D eigenvalue weighted by atomic mass is 10.1. The third-order valence-corrected chi connectivity index (χ3v) is 5.54. The van der Waals surface area contributed by atoms with E-state index in [4.69, 9.17) is 0 Å². The molecule has 2 amide bonds. The predicted octanol–water partition coefficient (Wildman–Crippen LogP) is 1.05. The number of H-pyrrole nitrogens is 1. The second-order valence-electron chi connectivity index (χ2n) is 7.93. The number of nitrogens with one attached hydrogen (secondary N) is 1. The minimum absolute atomic E-state index is 0.0519. The van der Waals surface area contributed by atoms with Crippen LogP contribution in [-0.4, -0.2) is 77.5 Å². The van der Waals surface area contributed by atoms with Crippen molar-refractivity contribution >= 4 is 11.8 Å². The van der Waals surface area contributed by atoms with Crippen LogP contribution in [0.15, 0.2) is 0 Å². The largest absolute Gasteiger partial charge is 0.341 e. The molecule has 2 heterocycles. The Labute approximate surface area is 155 Å². The van der Waals surface area contributed by atoms with Crippen molar-refractivity contribution in [1.29, 1.82) is 0 Å². The lowest BCUT2D eigenvalue weighted by molar-refractivity contribution is -0.135. The van der Waals surface area contributed by atoms with Crippen molar-refractivity contribution in [1.82, 2.24) is 24.9 Å². The molecule has 0 bridgehead atoms. The summed E-state index contributed by atoms with van der Waals surface area (Å²) in [6, 6.07) is 0. The average molecular weight is 361 g/mol. The van der Waals surface area contributed by atoms with E-state index >= 15 is 0 Å². The molecular weight excluding hydrogens is 330 g/mol. The molecule has 3 rings (SSSR count). The Morgan fingerprint density at radius 2 is 2.00 bits per heavy atom. The fourth-order valence-corrected chi connectivity index (χ4v) is 3.95. The molecular formula is C19H31N5O2. The molecule has 0 aromatic carbocycles. The van der Waals surface area contributed by atoms with Crippen LogP contribution in [0.25, 0.3) is 0 Å². The summed E-state index contributed by atoms with van der Waals surface area (Å²) in [6.07, 6.45) is 6.08. The zero-order valence-corrected chi connectivity index (χ0v) is 16.3. The number of amides is 2. The predicted molar refractivity (Wildman–Crippen MR) is 99.6 cm³/mol. The van der Waals surface area contributed by atoms with Crippen LogP contribution < -0.4 is 0 Å². The van der Waals surface area contributed by atoms with Gasteiger partial charge in [0.15, 0.2) is 0 Å². The number of fused-ring (bicyclic) bond motifs is 1. The molecule has 2 aliphatic rings. The molecule has 26 heavy (non-hydrogen) atoms. The van der Waals surface area contributed by atoms with E-state index in [1.807, 2.05) is 26.0 Å². The number of aromatic nitrogens is 2. The Morgan fingerprint density at radius 1 is 1.23 bits per heavy atom. The Hall–Kier alpha value is -1.89. The minimum atomic E-state index is -0.229. The van der Waals surface area contributed by atoms with E-state index in [0.717, 1.165) is 25.1 Å². The Balaban J connectivity index is 1.58. The van der Waals surface area contributed by atoms with E-state index in [-0.39, 0.29) is 17.7 Å². The van der Waals surface area contributed by atoms with Gasteiger partial charge in [-0.2, -0.15) is 5.10 Å². The van der Waals surface area contributed by atoms with Crippen molar-refractivity contribution in [2.75, 3.05) is 40.8 Å². The highest BCUT2D eigenvalue weighted by atomic mass is 16.2. The molecule has 1 fully saturated rings. The smallest absolute Gasteiger partial charge is 0.228 e. The monoisotopic (exact) mass is 361 g/mol. The van der Waals surface area contributed by atoms with Crippen molar-refractivity contribution in [3.05, 3.63) is 17.0 Å². The van der Waals surface area contributed by atoms with Crippen molar-refractivity contribution < 1.29 is 9.59 Å². The fraction of sp³-hybridized carbons (Fsp3) is 0.737. The fourth-order valence-electron chi connectivity index (χ4n) is 3.95. The molecule has 7 heteroatoms. The Kier molecular flexibility index (Phi) is 5.96. The number of likely N-dealkylation sites (N-methyl/N-ethyl adjacent to an activating group) is 1. The quantitative estimate of drug-likeness (QED) is 0.769. The van der Waals surface area contributed by atoms with E-state index in [9.17, 15) is 9.59 Å². The lowest BCUT2D eigenvalue weighted by Crippen LogP contribution is -2.36. The van der Waals surface area contributed by atoms with Crippen LogP contribution in [0.4, 0.5) is 0 Å². The van der Waals surface area contributed by atoms with E-state index < -0.39 is 0 Å². The van der Waals surface area contributed by atoms with Crippen molar-refractivity contribution in [2.24, 2.45) is 5.92 Å². The number of carbonyl (C=O) groups excluding carboxylic acids is 2. The van der Waals surface area contributed by atoms with Crippen molar-refractivity contribution in [2.45, 2.75) is 45.1 Å². The summed E-state index contributed by atoms with van der Waals surface area (Å²) in [6.45, 7) is 2.57. The van der Waals surface area contributed by atoms with Crippen LogP contribution in [0.3, 0.4) is 0 Å². The second-order valence-corrected chi connectivity index (χ2v) is 7.93. The van der Waals surface area contributed by atoms with Crippen LogP contribution in [-0.2, 0) is 29.0 Å². The van der Waals surface area contributed by atoms with Gasteiger partial charge in [0.2, 0.25) is 11.8 Å². The number of rotatable bonds is 6. The molecule has 1 aliphatic carbocycles. The first kappa shape index (κ1) is 18.9. The molecule has 7 nitrogen and oxygen atoms in total. The second kappa shape index (κ2) is 8.20. The maximum atomic E-state index is 12.8. The molecule has 0 saturated carbocycles. The molecule has 0 radical (unpaired) electrons. The summed E-state index contributed by atoms with van der Waals surface area (Å²) in [5.74, 6) is -0.0875. The topological polar surface area (TPSA) is 72.5 Å². The van der Waals surface area contributed by atoms with Crippen LogP contribution in [0.2, 0.25) is 0 Å². The molecule has 0 spiro atoms. The summed E-state index contributed by atoms with van der Waals surface area (Å²) < 4.78 is 0. The third-order valence-electron chi connectivity index (χ3n) is 5.54. The zero-order chi connectivity index (χ0) is 18.7. The van der Waals surface area contributed by atoms with E-state index in [0.29, 0.717) is 26.1 Å². The van der Waals surface area contributed by atoms with Gasteiger partial charge in [-0.1, -0.05) is 6.42 Å². The summed E-state index contributed by atoms with van der Waals surface area (Å²) in [7, 11) is 5.81. The first-order chi connectivity index (χ1) is 12.5. The molecule has 1 aromatic heterocycles. The SMILES string of the molecule is CN(C)CCN1C[C@@H](C(=O)N(C)Cc2n[nH]c3c2CCCCC3)CC1=O. The van der Waals surface area contributed by atoms with E-state index in [2.05, 4.69) is 15.1 Å². The molecule has 144 valence electrons. The highest BCUT2D eigenvalue weighted by molar-refractivity contribution is 5.89. The Morgan fingerprint density at radius 3 is 2.77 bits per heavy atom. The molecule has 0 unspecified atom stereocenters. The summed E-state index contributed by atoms with van der Waals surface area (Å²) in [5.41, 5.74) is 3.54. The average Bonchev–Trinajstić information content (AvgIpc) is 3.06. The van der Waals surface area contributed by atoms with E-state index in [1.165, 1.54) is 30.5 Å². The number of hydrogen-bond donors (Lipinski definition) is 1. The molecule has 1 N–H and O–H groups in total. The van der Waals surface area contributed by atoms with E-state index in [1.54, 1.807) is 4.90 Å². The van der Waals surface area contributed by atoms with Crippen molar-refractivity contribution in [3.63, 3.8) is 0 Å². The van der Waals surface area contributed by atoms with Crippen LogP contribution in [0.1, 0.15) is 42.6 Å². The molecule has 1 atom stereocenters. The van der Waals surface area contributed by atoms with Gasteiger partial charge in [0.05, 0.1) is 18.2 Å². The van der Waals surface area contributed by atoms with Crippen LogP contribution in [0.5, 0.6) is 0 Å². The normalized spacial score (nSPS) is 20.4. The highest BCUT2D eigenvalue weighted by Crippen LogP contribution is 2.24. The van der Waals surface area contributed by atoms with Gasteiger partial charge in [0.25, 0.3) is 0 Å². The number of nitrogens with zero attached hydrogens (tertiary/aromatic N) is 4. The van der Waals surface area contributed by atoms with Gasteiger partial charge >= 0.3 is 0 Å². The number of aryl methyl sites for hydroxylation is 1. The van der Waals surface area contributed by atoms with Gasteiger partial charge < -0.3 is 14.7 Å². The Bertz CT molecular complexity index is 654. The first-order valence-corrected chi connectivity index (χ1v) is 9.68. The minimum Gasteiger partial charge on any atom is -0.341 e. The van der Waals surface area contributed by atoms with Gasteiger partial charge in [-0.3, -0.25) is 14.7 Å². The summed E-state index contributed by atoms with van der Waals surface area (Å²) in [4.78, 5) is 30.6. The zero-order valence-electron chi connectivity index (χ0n) is 16.3. The van der Waals surface area contributed by atoms with Gasteiger partial charge in [0, 0.05) is 38.8 Å². The van der Waals surface area contributed by atoms with Gasteiger partial charge in [-0.15, -0.1) is 0 Å². The van der Waals surface area contributed by atoms with Gasteiger partial charge in [-0.05, 0) is 45.3 Å². The highest BCUT2D eigenvalue weighted by Gasteiger charge is 2.35. The lowest BCUT2D eigenvalue weighted by Gasteiger charge is -2.22.